The van der Waals surface area contributed by atoms with E-state index < -0.39 is 0 Å². The van der Waals surface area contributed by atoms with Gasteiger partial charge in [0, 0.05) is 24.4 Å². The number of rotatable bonds is 3. The minimum Gasteiger partial charge on any atom is -0.324 e. The zero-order chi connectivity index (χ0) is 9.84. The molecule has 70 valence electrons. The van der Waals surface area contributed by atoms with Gasteiger partial charge in [-0.3, -0.25) is 9.78 Å². The van der Waals surface area contributed by atoms with Gasteiger partial charge < -0.3 is 5.73 Å². The lowest BCUT2D eigenvalue weighted by atomic mass is 10.0. The standard InChI is InChI=1S/C10H14N2O/c1-7-3-4-9(6-12-7)10(11)5-8(2)13/h3-4,6,10H,5,11H2,1-2H3. The summed E-state index contributed by atoms with van der Waals surface area (Å²) >= 11 is 0. The van der Waals surface area contributed by atoms with E-state index in [9.17, 15) is 4.79 Å². The molecular formula is C10H14N2O. The number of nitrogens with two attached hydrogens (primary N) is 1. The fourth-order valence-corrected chi connectivity index (χ4v) is 1.13. The second-order valence-corrected chi connectivity index (χ2v) is 3.25. The highest BCUT2D eigenvalue weighted by Gasteiger charge is 2.08. The number of aryl methyl sites for hydroxylation is 1. The van der Waals surface area contributed by atoms with Crippen LogP contribution in [0.1, 0.15) is 30.6 Å². The molecule has 13 heavy (non-hydrogen) atoms. The van der Waals surface area contributed by atoms with E-state index in [0.717, 1.165) is 11.3 Å². The fourth-order valence-electron chi connectivity index (χ4n) is 1.13. The van der Waals surface area contributed by atoms with Crippen molar-refractivity contribution in [2.75, 3.05) is 0 Å². The number of nitrogens with zero attached hydrogens (tertiary/aromatic N) is 1. The molecule has 0 fully saturated rings. The number of carbonyl (C=O) groups is 1. The smallest absolute Gasteiger partial charge is 0.131 e. The van der Waals surface area contributed by atoms with Crippen molar-refractivity contribution >= 4 is 5.78 Å². The summed E-state index contributed by atoms with van der Waals surface area (Å²) in [7, 11) is 0. The summed E-state index contributed by atoms with van der Waals surface area (Å²) in [5, 5.41) is 0. The highest BCUT2D eigenvalue weighted by atomic mass is 16.1. The molecule has 0 saturated heterocycles. The molecule has 0 aliphatic heterocycles. The molecule has 0 aliphatic rings. The summed E-state index contributed by atoms with van der Waals surface area (Å²) < 4.78 is 0. The van der Waals surface area contributed by atoms with Crippen molar-refractivity contribution in [3.05, 3.63) is 29.6 Å². The van der Waals surface area contributed by atoms with Crippen molar-refractivity contribution in [3.8, 4) is 0 Å². The second kappa shape index (κ2) is 4.14. The number of carbonyl (C=O) groups excluding carboxylic acids is 1. The van der Waals surface area contributed by atoms with E-state index in [1.54, 1.807) is 13.1 Å². The molecule has 3 nitrogen and oxygen atoms in total. The monoisotopic (exact) mass is 178 g/mol. The molecule has 0 aromatic carbocycles. The number of pyridine rings is 1. The molecule has 3 heteroatoms. The first kappa shape index (κ1) is 9.86. The van der Waals surface area contributed by atoms with Crippen molar-refractivity contribution in [3.63, 3.8) is 0 Å². The molecule has 1 rings (SSSR count). The first-order valence-corrected chi connectivity index (χ1v) is 4.27. The van der Waals surface area contributed by atoms with Gasteiger partial charge >= 0.3 is 0 Å². The van der Waals surface area contributed by atoms with Gasteiger partial charge in [0.25, 0.3) is 0 Å². The van der Waals surface area contributed by atoms with E-state index >= 15 is 0 Å². The van der Waals surface area contributed by atoms with Gasteiger partial charge in [0.15, 0.2) is 0 Å². The second-order valence-electron chi connectivity index (χ2n) is 3.25. The van der Waals surface area contributed by atoms with Gasteiger partial charge in [0.05, 0.1) is 0 Å². The summed E-state index contributed by atoms with van der Waals surface area (Å²) in [6.07, 6.45) is 2.10. The van der Waals surface area contributed by atoms with Crippen molar-refractivity contribution in [1.29, 1.82) is 0 Å². The van der Waals surface area contributed by atoms with E-state index in [0.29, 0.717) is 6.42 Å². The van der Waals surface area contributed by atoms with Gasteiger partial charge in [-0.1, -0.05) is 6.07 Å². The third-order valence-corrected chi connectivity index (χ3v) is 1.87. The van der Waals surface area contributed by atoms with Gasteiger partial charge in [-0.05, 0) is 25.5 Å². The summed E-state index contributed by atoms with van der Waals surface area (Å²) in [6, 6.07) is 3.59. The summed E-state index contributed by atoms with van der Waals surface area (Å²) in [5.74, 6) is 0.105. The summed E-state index contributed by atoms with van der Waals surface area (Å²) in [6.45, 7) is 3.46. The minimum absolute atomic E-state index is 0.105. The molecule has 0 bridgehead atoms. The van der Waals surface area contributed by atoms with Crippen molar-refractivity contribution in [2.45, 2.75) is 26.3 Å². The average molecular weight is 178 g/mol. The van der Waals surface area contributed by atoms with E-state index in [4.69, 9.17) is 5.73 Å². The fraction of sp³-hybridized carbons (Fsp3) is 0.400. The third-order valence-electron chi connectivity index (χ3n) is 1.87. The van der Waals surface area contributed by atoms with Crippen molar-refractivity contribution in [2.24, 2.45) is 5.73 Å². The van der Waals surface area contributed by atoms with Crippen LogP contribution in [0.5, 0.6) is 0 Å². The van der Waals surface area contributed by atoms with E-state index in [1.807, 2.05) is 19.1 Å². The van der Waals surface area contributed by atoms with Crippen LogP contribution in [-0.4, -0.2) is 10.8 Å². The van der Waals surface area contributed by atoms with E-state index in [-0.39, 0.29) is 11.8 Å². The van der Waals surface area contributed by atoms with Crippen molar-refractivity contribution < 1.29 is 4.79 Å². The number of hydrogen-bond donors (Lipinski definition) is 1. The molecular weight excluding hydrogens is 164 g/mol. The first-order chi connectivity index (χ1) is 6.09. The molecule has 1 unspecified atom stereocenters. The predicted molar refractivity (Wildman–Crippen MR) is 51.2 cm³/mol. The third kappa shape index (κ3) is 2.95. The Morgan fingerprint density at radius 2 is 2.31 bits per heavy atom. The molecule has 0 spiro atoms. The van der Waals surface area contributed by atoms with Crippen LogP contribution in [0.3, 0.4) is 0 Å². The van der Waals surface area contributed by atoms with Crippen LogP contribution in [-0.2, 0) is 4.79 Å². The predicted octanol–water partition coefficient (Wildman–Crippen LogP) is 1.37. The van der Waals surface area contributed by atoms with Crippen LogP contribution in [0.2, 0.25) is 0 Å². The Kier molecular flexibility index (Phi) is 3.14. The maximum absolute atomic E-state index is 10.8. The molecule has 0 saturated carbocycles. The first-order valence-electron chi connectivity index (χ1n) is 4.27. The largest absolute Gasteiger partial charge is 0.324 e. The van der Waals surface area contributed by atoms with E-state index in [2.05, 4.69) is 4.98 Å². The molecule has 1 heterocycles. The Balaban J connectivity index is 2.71. The zero-order valence-corrected chi connectivity index (χ0v) is 7.95. The van der Waals surface area contributed by atoms with Gasteiger partial charge in [-0.25, -0.2) is 0 Å². The number of Topliss-reactive ketones (excluding diaryl/α,β-unsaturated/α-hetero) is 1. The maximum Gasteiger partial charge on any atom is 0.131 e. The molecule has 2 N–H and O–H groups in total. The number of ketones is 1. The van der Waals surface area contributed by atoms with Crippen LogP contribution in [0.25, 0.3) is 0 Å². The Hall–Kier alpha value is -1.22. The normalized spacial score (nSPS) is 12.5. The zero-order valence-electron chi connectivity index (χ0n) is 7.95. The molecule has 1 aromatic heterocycles. The lowest BCUT2D eigenvalue weighted by molar-refractivity contribution is -0.117. The lowest BCUT2D eigenvalue weighted by Crippen LogP contribution is -2.13. The topological polar surface area (TPSA) is 56.0 Å². The SMILES string of the molecule is CC(=O)CC(N)c1ccc(C)nc1. The average Bonchev–Trinajstić information content (AvgIpc) is 2.04. The van der Waals surface area contributed by atoms with Crippen molar-refractivity contribution in [1.82, 2.24) is 4.98 Å². The summed E-state index contributed by atoms with van der Waals surface area (Å²) in [4.78, 5) is 14.9. The molecule has 1 atom stereocenters. The highest BCUT2D eigenvalue weighted by Crippen LogP contribution is 2.12. The molecule has 1 aromatic rings. The molecule has 0 radical (unpaired) electrons. The Morgan fingerprint density at radius 3 is 2.77 bits per heavy atom. The highest BCUT2D eigenvalue weighted by molar-refractivity contribution is 5.76. The van der Waals surface area contributed by atoms with Crippen LogP contribution < -0.4 is 5.73 Å². The van der Waals surface area contributed by atoms with Gasteiger partial charge in [0.2, 0.25) is 0 Å². The lowest BCUT2D eigenvalue weighted by Gasteiger charge is -2.08. The van der Waals surface area contributed by atoms with E-state index in [1.165, 1.54) is 0 Å². The van der Waals surface area contributed by atoms with Gasteiger partial charge in [-0.2, -0.15) is 0 Å². The quantitative estimate of drug-likeness (QED) is 0.760. The summed E-state index contributed by atoms with van der Waals surface area (Å²) in [5.41, 5.74) is 7.66. The van der Waals surface area contributed by atoms with Gasteiger partial charge in [-0.15, -0.1) is 0 Å². The Bertz CT molecular complexity index is 292. The van der Waals surface area contributed by atoms with Crippen LogP contribution in [0.15, 0.2) is 18.3 Å². The van der Waals surface area contributed by atoms with Crippen LogP contribution in [0.4, 0.5) is 0 Å². The van der Waals surface area contributed by atoms with Gasteiger partial charge in [0.1, 0.15) is 5.78 Å². The van der Waals surface area contributed by atoms with Crippen LogP contribution >= 0.6 is 0 Å². The molecule has 0 aliphatic carbocycles. The maximum atomic E-state index is 10.8. The Labute approximate surface area is 78.0 Å². The molecule has 0 amide bonds. The number of hydrogen-bond acceptors (Lipinski definition) is 3. The number of aromatic nitrogens is 1. The Morgan fingerprint density at radius 1 is 1.62 bits per heavy atom. The minimum atomic E-state index is -0.217. The van der Waals surface area contributed by atoms with Crippen LogP contribution in [0, 0.1) is 6.92 Å².